The highest BCUT2D eigenvalue weighted by atomic mass is 32.2. The summed E-state index contributed by atoms with van der Waals surface area (Å²) in [5.74, 6) is -0.207. The van der Waals surface area contributed by atoms with Gasteiger partial charge in [0.1, 0.15) is 10.6 Å². The quantitative estimate of drug-likeness (QED) is 0.280. The van der Waals surface area contributed by atoms with Crippen LogP contribution >= 0.6 is 0 Å². The van der Waals surface area contributed by atoms with E-state index in [4.69, 9.17) is 4.74 Å². The molecule has 0 aliphatic heterocycles. The van der Waals surface area contributed by atoms with E-state index >= 15 is 0 Å². The molecule has 0 radical (unpaired) electrons. The molecule has 0 aliphatic rings. The van der Waals surface area contributed by atoms with Crippen molar-refractivity contribution in [2.75, 3.05) is 13.1 Å². The van der Waals surface area contributed by atoms with E-state index in [1.54, 1.807) is 31.2 Å². The van der Waals surface area contributed by atoms with Crippen molar-refractivity contribution in [2.45, 2.75) is 39.5 Å². The van der Waals surface area contributed by atoms with Crippen molar-refractivity contribution in [3.05, 3.63) is 69.9 Å². The molecule has 2 aromatic carbocycles. The largest absolute Gasteiger partial charge is 0.437 e. The van der Waals surface area contributed by atoms with E-state index < -0.39 is 31.4 Å². The molecule has 0 saturated carbocycles. The summed E-state index contributed by atoms with van der Waals surface area (Å²) in [6.45, 7) is 9.82. The number of nitro groups is 1. The van der Waals surface area contributed by atoms with Gasteiger partial charge < -0.3 is 10.1 Å². The Morgan fingerprint density at radius 1 is 1.08 bits per heavy atom. The predicted molar refractivity (Wildman–Crippen MR) is 139 cm³/mol. The van der Waals surface area contributed by atoms with Crippen molar-refractivity contribution < 1.29 is 22.9 Å². The number of hydrogen-bond acceptors (Lipinski definition) is 7. The number of carbonyl (C=O) groups is 1. The summed E-state index contributed by atoms with van der Waals surface area (Å²) in [4.78, 5) is 23.2. The van der Waals surface area contributed by atoms with Crippen LogP contribution in [0.2, 0.25) is 0 Å². The monoisotopic (exact) mass is 529 g/mol. The molecule has 3 aromatic rings. The van der Waals surface area contributed by atoms with Crippen LogP contribution in [0.3, 0.4) is 0 Å². The highest BCUT2D eigenvalue weighted by Gasteiger charge is 2.28. The van der Waals surface area contributed by atoms with Crippen molar-refractivity contribution in [1.82, 2.24) is 19.8 Å². The van der Waals surface area contributed by atoms with Crippen LogP contribution in [0.15, 0.2) is 53.4 Å². The van der Waals surface area contributed by atoms with E-state index in [-0.39, 0.29) is 35.7 Å². The Labute approximate surface area is 216 Å². The summed E-state index contributed by atoms with van der Waals surface area (Å²) in [5.41, 5.74) is 0.665. The lowest BCUT2D eigenvalue weighted by molar-refractivity contribution is -0.385. The molecule has 0 aliphatic carbocycles. The summed E-state index contributed by atoms with van der Waals surface area (Å²) in [7, 11) is -4.17. The van der Waals surface area contributed by atoms with Gasteiger partial charge in [0.2, 0.25) is 15.9 Å². The van der Waals surface area contributed by atoms with Gasteiger partial charge in [0.05, 0.1) is 10.6 Å². The molecule has 0 spiro atoms. The number of benzene rings is 2. The minimum atomic E-state index is -4.17. The van der Waals surface area contributed by atoms with Crippen LogP contribution in [0.1, 0.15) is 43.7 Å². The maximum atomic E-state index is 13.1. The fraction of sp³-hybridized carbons (Fsp3) is 0.360. The summed E-state index contributed by atoms with van der Waals surface area (Å²) < 4.78 is 36.2. The average Bonchev–Trinajstić information content (AvgIpc) is 3.17. The standard InChI is InChI=1S/C25H31N5O6S/c1-16(2)14-26-24(31)23-18(5)25(29(28-23)19-9-7-6-8-10-19)36-21-12-11-20(30(32)33)13-22(21)37(34,35)27-15-17(3)4/h6-13,16-17,27H,14-15H2,1-5H3,(H,26,31). The first-order valence-corrected chi connectivity index (χ1v) is 13.3. The number of aromatic nitrogens is 2. The molecular formula is C25H31N5O6S. The zero-order chi connectivity index (χ0) is 27.3. The average molecular weight is 530 g/mol. The fourth-order valence-corrected chi connectivity index (χ4v) is 4.66. The van der Waals surface area contributed by atoms with Crippen LogP contribution in [0, 0.1) is 28.9 Å². The molecule has 198 valence electrons. The SMILES string of the molecule is Cc1c(C(=O)NCC(C)C)nn(-c2ccccc2)c1Oc1ccc([N+](=O)[O-])cc1S(=O)(=O)NCC(C)C. The Morgan fingerprint density at radius 3 is 2.32 bits per heavy atom. The van der Waals surface area contributed by atoms with Gasteiger partial charge >= 0.3 is 0 Å². The number of hydrogen-bond donors (Lipinski definition) is 2. The first kappa shape index (κ1) is 27.8. The van der Waals surface area contributed by atoms with Crippen molar-refractivity contribution in [2.24, 2.45) is 11.8 Å². The maximum Gasteiger partial charge on any atom is 0.272 e. The zero-order valence-electron chi connectivity index (χ0n) is 21.4. The Balaban J connectivity index is 2.14. The highest BCUT2D eigenvalue weighted by molar-refractivity contribution is 7.89. The molecule has 2 N–H and O–H groups in total. The van der Waals surface area contributed by atoms with E-state index in [1.165, 1.54) is 10.7 Å². The first-order chi connectivity index (χ1) is 17.4. The van der Waals surface area contributed by atoms with Crippen LogP contribution in [0.25, 0.3) is 5.69 Å². The Morgan fingerprint density at radius 2 is 1.73 bits per heavy atom. The number of nitrogens with one attached hydrogen (secondary N) is 2. The van der Waals surface area contributed by atoms with Gasteiger partial charge in [0, 0.05) is 30.8 Å². The van der Waals surface area contributed by atoms with Gasteiger partial charge in [0.25, 0.3) is 11.6 Å². The molecule has 37 heavy (non-hydrogen) atoms. The maximum absolute atomic E-state index is 13.1. The summed E-state index contributed by atoms with van der Waals surface area (Å²) in [6, 6.07) is 12.2. The van der Waals surface area contributed by atoms with Gasteiger partial charge in [-0.2, -0.15) is 9.78 Å². The second-order valence-electron chi connectivity index (χ2n) is 9.37. The number of ether oxygens (including phenoxy) is 1. The number of rotatable bonds is 11. The Hall–Kier alpha value is -3.77. The molecule has 0 saturated heterocycles. The number of amides is 1. The van der Waals surface area contributed by atoms with Crippen LogP contribution in [-0.4, -0.2) is 42.1 Å². The number of nitrogens with zero attached hydrogens (tertiary/aromatic N) is 3. The molecule has 1 aromatic heterocycles. The molecule has 0 bridgehead atoms. The number of carbonyl (C=O) groups excluding carboxylic acids is 1. The lowest BCUT2D eigenvalue weighted by atomic mass is 10.2. The topological polar surface area (TPSA) is 145 Å². The third kappa shape index (κ3) is 6.71. The molecule has 0 unspecified atom stereocenters. The second kappa shape index (κ2) is 11.5. The number of non-ortho nitro benzene ring substituents is 1. The molecule has 0 fully saturated rings. The van der Waals surface area contributed by atoms with Crippen molar-refractivity contribution in [1.29, 1.82) is 0 Å². The number of sulfonamides is 1. The normalized spacial score (nSPS) is 11.6. The van der Waals surface area contributed by atoms with Gasteiger partial charge in [-0.15, -0.1) is 0 Å². The summed E-state index contributed by atoms with van der Waals surface area (Å²) in [6.07, 6.45) is 0. The minimum absolute atomic E-state index is 0.00603. The van der Waals surface area contributed by atoms with Crippen molar-refractivity contribution >= 4 is 21.6 Å². The van der Waals surface area contributed by atoms with Gasteiger partial charge in [0.15, 0.2) is 5.69 Å². The predicted octanol–water partition coefficient (Wildman–Crippen LogP) is 4.20. The molecule has 3 rings (SSSR count). The Kier molecular flexibility index (Phi) is 8.66. The van der Waals surface area contributed by atoms with Crippen molar-refractivity contribution in [3.8, 4) is 17.3 Å². The van der Waals surface area contributed by atoms with E-state index in [0.29, 0.717) is 17.8 Å². The van der Waals surface area contributed by atoms with Gasteiger partial charge in [-0.05, 0) is 37.0 Å². The summed E-state index contributed by atoms with van der Waals surface area (Å²) >= 11 is 0. The minimum Gasteiger partial charge on any atom is -0.437 e. The molecule has 11 nitrogen and oxygen atoms in total. The summed E-state index contributed by atoms with van der Waals surface area (Å²) in [5, 5.41) is 18.7. The first-order valence-electron chi connectivity index (χ1n) is 11.8. The molecule has 0 atom stereocenters. The van der Waals surface area contributed by atoms with Crippen molar-refractivity contribution in [3.63, 3.8) is 0 Å². The van der Waals surface area contributed by atoms with E-state index in [1.807, 2.05) is 33.8 Å². The lowest BCUT2D eigenvalue weighted by Crippen LogP contribution is -2.28. The van der Waals surface area contributed by atoms with Gasteiger partial charge in [-0.3, -0.25) is 14.9 Å². The third-order valence-electron chi connectivity index (χ3n) is 5.27. The Bertz CT molecular complexity index is 1380. The van der Waals surface area contributed by atoms with Gasteiger partial charge in [-0.1, -0.05) is 45.9 Å². The van der Waals surface area contributed by atoms with E-state index in [2.05, 4.69) is 15.1 Å². The fourth-order valence-electron chi connectivity index (χ4n) is 3.30. The molecule has 12 heteroatoms. The van der Waals surface area contributed by atoms with Crippen LogP contribution in [0.5, 0.6) is 11.6 Å². The van der Waals surface area contributed by atoms with Crippen LogP contribution in [0.4, 0.5) is 5.69 Å². The highest BCUT2D eigenvalue weighted by Crippen LogP contribution is 2.35. The zero-order valence-corrected chi connectivity index (χ0v) is 22.2. The molecular weight excluding hydrogens is 498 g/mol. The number of para-hydroxylation sites is 1. The third-order valence-corrected chi connectivity index (χ3v) is 6.72. The second-order valence-corrected chi connectivity index (χ2v) is 11.1. The van der Waals surface area contributed by atoms with Crippen LogP contribution < -0.4 is 14.8 Å². The van der Waals surface area contributed by atoms with E-state index in [0.717, 1.165) is 12.1 Å². The number of nitro benzene ring substituents is 1. The smallest absolute Gasteiger partial charge is 0.272 e. The molecule has 1 amide bonds. The van der Waals surface area contributed by atoms with Gasteiger partial charge in [-0.25, -0.2) is 13.1 Å². The lowest BCUT2D eigenvalue weighted by Gasteiger charge is -2.15. The van der Waals surface area contributed by atoms with E-state index in [9.17, 15) is 23.3 Å². The molecule has 1 heterocycles. The van der Waals surface area contributed by atoms with Crippen LogP contribution in [-0.2, 0) is 10.0 Å².